The van der Waals surface area contributed by atoms with E-state index >= 15 is 0 Å². The molecule has 0 atom stereocenters. The molecule has 0 aliphatic heterocycles. The SMILES string of the molecule is CCC/C=C/c1ccc(C#Cc2ccc(N=C=S)cc2C)cc1. The predicted molar refractivity (Wildman–Crippen MR) is 102 cm³/mol. The summed E-state index contributed by atoms with van der Waals surface area (Å²) < 4.78 is 0. The lowest BCUT2D eigenvalue weighted by Gasteiger charge is -1.99. The zero-order valence-corrected chi connectivity index (χ0v) is 14.3. The Bertz CT molecular complexity index is 798. The highest BCUT2D eigenvalue weighted by Gasteiger charge is 1.96. The van der Waals surface area contributed by atoms with E-state index in [4.69, 9.17) is 0 Å². The van der Waals surface area contributed by atoms with Crippen molar-refractivity contribution in [2.45, 2.75) is 26.7 Å². The van der Waals surface area contributed by atoms with Crippen molar-refractivity contribution in [2.75, 3.05) is 0 Å². The molecule has 2 aromatic rings. The summed E-state index contributed by atoms with van der Waals surface area (Å²) in [7, 11) is 0. The standard InChI is InChI=1S/C21H19NS/c1-3-4-5-6-18-7-9-19(10-8-18)11-12-20-13-14-21(22-16-23)15-17(20)2/h5-10,13-15H,3-4H2,1-2H3/b6-5+. The first kappa shape index (κ1) is 16.9. The van der Waals surface area contributed by atoms with Crippen LogP contribution in [-0.4, -0.2) is 5.16 Å². The van der Waals surface area contributed by atoms with Crippen LogP contribution in [0.5, 0.6) is 0 Å². The first-order valence-electron chi connectivity index (χ1n) is 7.70. The van der Waals surface area contributed by atoms with Gasteiger partial charge in [0.05, 0.1) is 10.8 Å². The highest BCUT2D eigenvalue weighted by atomic mass is 32.1. The lowest BCUT2D eigenvalue weighted by Crippen LogP contribution is -1.82. The lowest BCUT2D eigenvalue weighted by molar-refractivity contribution is 0.962. The van der Waals surface area contributed by atoms with Crippen molar-refractivity contribution in [1.82, 2.24) is 0 Å². The quantitative estimate of drug-likeness (QED) is 0.386. The summed E-state index contributed by atoms with van der Waals surface area (Å²) in [6.07, 6.45) is 6.65. The number of allylic oxidation sites excluding steroid dienone is 1. The fourth-order valence-electron chi connectivity index (χ4n) is 2.11. The molecule has 0 fully saturated rings. The molecule has 0 spiro atoms. The molecule has 114 valence electrons. The summed E-state index contributed by atoms with van der Waals surface area (Å²) in [6, 6.07) is 14.1. The van der Waals surface area contributed by atoms with Crippen molar-refractivity contribution in [3.05, 3.63) is 70.8 Å². The fourth-order valence-corrected chi connectivity index (χ4v) is 2.22. The third-order valence-electron chi connectivity index (χ3n) is 3.40. The minimum Gasteiger partial charge on any atom is -0.195 e. The third-order valence-corrected chi connectivity index (χ3v) is 3.49. The zero-order chi connectivity index (χ0) is 16.5. The van der Waals surface area contributed by atoms with Gasteiger partial charge in [0, 0.05) is 11.1 Å². The molecular formula is C21H19NS. The van der Waals surface area contributed by atoms with Crippen LogP contribution < -0.4 is 0 Å². The molecule has 0 radical (unpaired) electrons. The molecule has 0 saturated carbocycles. The van der Waals surface area contributed by atoms with Crippen LogP contribution in [0.25, 0.3) is 6.08 Å². The first-order chi connectivity index (χ1) is 11.2. The van der Waals surface area contributed by atoms with Crippen LogP contribution in [-0.2, 0) is 0 Å². The van der Waals surface area contributed by atoms with Gasteiger partial charge in [0.25, 0.3) is 0 Å². The molecule has 0 aromatic heterocycles. The van der Waals surface area contributed by atoms with E-state index in [9.17, 15) is 0 Å². The molecule has 2 rings (SSSR count). The number of aliphatic imine (C=N–C) groups is 1. The zero-order valence-electron chi connectivity index (χ0n) is 13.5. The molecule has 0 bridgehead atoms. The molecule has 0 unspecified atom stereocenters. The third kappa shape index (κ3) is 5.34. The van der Waals surface area contributed by atoms with Crippen LogP contribution in [0.3, 0.4) is 0 Å². The van der Waals surface area contributed by atoms with Crippen LogP contribution in [0.4, 0.5) is 5.69 Å². The molecule has 0 saturated heterocycles. The van der Waals surface area contributed by atoms with Crippen molar-refractivity contribution in [3.63, 3.8) is 0 Å². The molecule has 23 heavy (non-hydrogen) atoms. The Hall–Kier alpha value is -2.46. The number of benzene rings is 2. The molecular weight excluding hydrogens is 298 g/mol. The number of hydrogen-bond acceptors (Lipinski definition) is 2. The Balaban J connectivity index is 2.14. The van der Waals surface area contributed by atoms with Crippen LogP contribution in [0, 0.1) is 18.8 Å². The number of aryl methyl sites for hydroxylation is 1. The maximum absolute atomic E-state index is 4.62. The van der Waals surface area contributed by atoms with E-state index in [1.165, 1.54) is 12.0 Å². The Kier molecular flexibility index (Phi) is 6.51. The summed E-state index contributed by atoms with van der Waals surface area (Å²) in [5.41, 5.74) is 5.12. The molecule has 0 amide bonds. The minimum absolute atomic E-state index is 0.811. The van der Waals surface area contributed by atoms with Gasteiger partial charge in [0.2, 0.25) is 0 Å². The van der Waals surface area contributed by atoms with E-state index in [0.717, 1.165) is 28.8 Å². The molecule has 0 N–H and O–H groups in total. The van der Waals surface area contributed by atoms with Gasteiger partial charge in [0.15, 0.2) is 0 Å². The number of isothiocyanates is 1. The van der Waals surface area contributed by atoms with Gasteiger partial charge in [-0.15, -0.1) is 0 Å². The van der Waals surface area contributed by atoms with Crippen molar-refractivity contribution in [1.29, 1.82) is 0 Å². The van der Waals surface area contributed by atoms with E-state index in [2.05, 4.69) is 77.6 Å². The fraction of sp³-hybridized carbons (Fsp3) is 0.190. The monoisotopic (exact) mass is 317 g/mol. The van der Waals surface area contributed by atoms with Gasteiger partial charge in [-0.2, -0.15) is 4.99 Å². The smallest absolute Gasteiger partial charge is 0.0743 e. The minimum atomic E-state index is 0.811. The van der Waals surface area contributed by atoms with Gasteiger partial charge < -0.3 is 0 Å². The molecule has 2 heteroatoms. The number of nitrogens with zero attached hydrogens (tertiary/aromatic N) is 1. The van der Waals surface area contributed by atoms with Crippen molar-refractivity contribution >= 4 is 29.1 Å². The van der Waals surface area contributed by atoms with Crippen molar-refractivity contribution in [2.24, 2.45) is 4.99 Å². The Labute approximate surface area is 143 Å². The van der Waals surface area contributed by atoms with E-state index in [1.807, 2.05) is 25.1 Å². The predicted octanol–water partition coefficient (Wildman–Crippen LogP) is 5.94. The van der Waals surface area contributed by atoms with E-state index in [-0.39, 0.29) is 0 Å². The lowest BCUT2D eigenvalue weighted by atomic mass is 10.1. The Morgan fingerprint density at radius 1 is 1.09 bits per heavy atom. The Morgan fingerprint density at radius 3 is 2.52 bits per heavy atom. The number of rotatable bonds is 4. The summed E-state index contributed by atoms with van der Waals surface area (Å²) in [5, 5.41) is 2.38. The molecule has 2 aromatic carbocycles. The van der Waals surface area contributed by atoms with Gasteiger partial charge in [-0.3, -0.25) is 0 Å². The molecule has 0 aliphatic carbocycles. The van der Waals surface area contributed by atoms with Crippen LogP contribution in [0.1, 0.15) is 42.0 Å². The molecule has 0 heterocycles. The van der Waals surface area contributed by atoms with Crippen molar-refractivity contribution in [3.8, 4) is 11.8 Å². The van der Waals surface area contributed by atoms with Gasteiger partial charge >= 0.3 is 0 Å². The number of hydrogen-bond donors (Lipinski definition) is 0. The normalized spacial score (nSPS) is 10.0. The maximum Gasteiger partial charge on any atom is 0.0743 e. The largest absolute Gasteiger partial charge is 0.195 e. The average molecular weight is 317 g/mol. The molecule has 0 aliphatic rings. The van der Waals surface area contributed by atoms with Crippen LogP contribution in [0.15, 0.2) is 53.5 Å². The van der Waals surface area contributed by atoms with Gasteiger partial charge in [-0.05, 0) is 67.0 Å². The second-order valence-electron chi connectivity index (χ2n) is 5.27. The second kappa shape index (κ2) is 8.86. The molecule has 1 nitrogen and oxygen atoms in total. The van der Waals surface area contributed by atoms with E-state index in [1.54, 1.807) is 0 Å². The van der Waals surface area contributed by atoms with Crippen LogP contribution in [0.2, 0.25) is 0 Å². The number of unbranched alkanes of at least 4 members (excludes halogenated alkanes) is 1. The average Bonchev–Trinajstić information content (AvgIpc) is 2.56. The summed E-state index contributed by atoms with van der Waals surface area (Å²) in [6.45, 7) is 4.20. The highest BCUT2D eigenvalue weighted by molar-refractivity contribution is 7.78. The summed E-state index contributed by atoms with van der Waals surface area (Å²) >= 11 is 4.62. The maximum atomic E-state index is 4.62. The topological polar surface area (TPSA) is 12.4 Å². The van der Waals surface area contributed by atoms with Gasteiger partial charge in [-0.1, -0.05) is 49.5 Å². The van der Waals surface area contributed by atoms with Gasteiger partial charge in [-0.25, -0.2) is 0 Å². The van der Waals surface area contributed by atoms with Gasteiger partial charge in [0.1, 0.15) is 0 Å². The summed E-state index contributed by atoms with van der Waals surface area (Å²) in [5.74, 6) is 6.42. The van der Waals surface area contributed by atoms with Crippen molar-refractivity contribution < 1.29 is 0 Å². The Morgan fingerprint density at radius 2 is 1.87 bits per heavy atom. The van der Waals surface area contributed by atoms with Crippen LogP contribution >= 0.6 is 12.2 Å². The number of thiocarbonyl (C=S) groups is 1. The first-order valence-corrected chi connectivity index (χ1v) is 8.11. The summed E-state index contributed by atoms with van der Waals surface area (Å²) in [4.78, 5) is 3.98. The van der Waals surface area contributed by atoms with E-state index in [0.29, 0.717) is 0 Å². The second-order valence-corrected chi connectivity index (χ2v) is 5.45. The highest BCUT2D eigenvalue weighted by Crippen LogP contribution is 2.16. The van der Waals surface area contributed by atoms with E-state index < -0.39 is 0 Å².